The molecule has 0 atom stereocenters. The van der Waals surface area contributed by atoms with Gasteiger partial charge in [-0.2, -0.15) is 0 Å². The van der Waals surface area contributed by atoms with Crippen LogP contribution in [0.25, 0.3) is 0 Å². The first kappa shape index (κ1) is 14.4. The predicted octanol–water partition coefficient (Wildman–Crippen LogP) is 1.95. The number of hydrogen-bond acceptors (Lipinski definition) is 5. The predicted molar refractivity (Wildman–Crippen MR) is 66.0 cm³/mol. The van der Waals surface area contributed by atoms with Gasteiger partial charge in [0.05, 0.1) is 24.7 Å². The van der Waals surface area contributed by atoms with Crippen molar-refractivity contribution in [3.63, 3.8) is 0 Å². The third-order valence-electron chi connectivity index (χ3n) is 2.29. The van der Waals surface area contributed by atoms with E-state index in [0.717, 1.165) is 0 Å². The molecule has 18 heavy (non-hydrogen) atoms. The summed E-state index contributed by atoms with van der Waals surface area (Å²) >= 11 is 0. The average molecular weight is 255 g/mol. The topological polar surface area (TPSA) is 70.8 Å². The molecule has 0 spiro atoms. The minimum atomic E-state index is -0.410. The summed E-state index contributed by atoms with van der Waals surface area (Å²) in [6.07, 6.45) is 0. The van der Waals surface area contributed by atoms with Crippen LogP contribution < -0.4 is 4.74 Å². The zero-order chi connectivity index (χ0) is 13.4. The van der Waals surface area contributed by atoms with E-state index in [1.807, 2.05) is 0 Å². The second-order valence-electron chi connectivity index (χ2n) is 3.66. The summed E-state index contributed by atoms with van der Waals surface area (Å²) in [5.74, 6) is 0.605. The maximum absolute atomic E-state index is 10.6. The van der Waals surface area contributed by atoms with Crippen molar-refractivity contribution < 1.29 is 19.1 Å². The van der Waals surface area contributed by atoms with Crippen LogP contribution in [0.3, 0.4) is 0 Å². The molecule has 0 amide bonds. The molecule has 0 aliphatic rings. The Bertz CT molecular complexity index is 394. The molecule has 0 unspecified atom stereocenters. The Labute approximate surface area is 106 Å². The third kappa shape index (κ3) is 4.68. The molecule has 0 saturated heterocycles. The Morgan fingerprint density at radius 2 is 1.94 bits per heavy atom. The third-order valence-corrected chi connectivity index (χ3v) is 2.29. The molecule has 0 aliphatic heterocycles. The number of nitrogens with zero attached hydrogens (tertiary/aromatic N) is 1. The number of benzene rings is 1. The van der Waals surface area contributed by atoms with Crippen molar-refractivity contribution in [3.8, 4) is 5.75 Å². The first-order valence-corrected chi connectivity index (χ1v) is 5.59. The van der Waals surface area contributed by atoms with Crippen LogP contribution in [-0.4, -0.2) is 38.5 Å². The quantitative estimate of drug-likeness (QED) is 0.403. The largest absolute Gasteiger partial charge is 0.491 e. The Morgan fingerprint density at radius 1 is 1.22 bits per heavy atom. The molecule has 0 bridgehead atoms. The summed E-state index contributed by atoms with van der Waals surface area (Å²) in [6, 6.07) is 4.67. The van der Waals surface area contributed by atoms with Crippen LogP contribution in [0.5, 0.6) is 5.75 Å². The summed E-state index contributed by atoms with van der Waals surface area (Å²) in [6.45, 7) is 3.62. The molecule has 100 valence electrons. The number of hydrogen-bond donors (Lipinski definition) is 0. The number of ether oxygens (including phenoxy) is 3. The van der Waals surface area contributed by atoms with Gasteiger partial charge in [0.15, 0.2) is 0 Å². The van der Waals surface area contributed by atoms with Crippen LogP contribution in [-0.2, 0) is 9.47 Å². The van der Waals surface area contributed by atoms with Crippen LogP contribution in [0, 0.1) is 17.0 Å². The lowest BCUT2D eigenvalue weighted by molar-refractivity contribution is -0.385. The fourth-order valence-corrected chi connectivity index (χ4v) is 1.39. The average Bonchev–Trinajstić information content (AvgIpc) is 2.33. The molecule has 0 N–H and O–H groups in total. The Hall–Kier alpha value is -1.66. The second-order valence-corrected chi connectivity index (χ2v) is 3.66. The van der Waals surface area contributed by atoms with Crippen molar-refractivity contribution in [2.75, 3.05) is 33.5 Å². The van der Waals surface area contributed by atoms with Crippen molar-refractivity contribution in [1.29, 1.82) is 0 Å². The molecular weight excluding hydrogens is 238 g/mol. The van der Waals surface area contributed by atoms with Crippen molar-refractivity contribution in [2.45, 2.75) is 6.92 Å². The molecule has 6 heteroatoms. The zero-order valence-electron chi connectivity index (χ0n) is 10.5. The van der Waals surface area contributed by atoms with Crippen LogP contribution in [0.2, 0.25) is 0 Å². The molecule has 0 radical (unpaired) electrons. The van der Waals surface area contributed by atoms with Crippen molar-refractivity contribution in [3.05, 3.63) is 33.9 Å². The fraction of sp³-hybridized carbons (Fsp3) is 0.500. The summed E-state index contributed by atoms with van der Waals surface area (Å²) in [4.78, 5) is 10.2. The van der Waals surface area contributed by atoms with E-state index in [4.69, 9.17) is 14.2 Å². The summed E-state index contributed by atoms with van der Waals surface area (Å²) in [5.41, 5.74) is 0.677. The van der Waals surface area contributed by atoms with Gasteiger partial charge >= 0.3 is 0 Å². The van der Waals surface area contributed by atoms with E-state index < -0.39 is 4.92 Å². The van der Waals surface area contributed by atoms with E-state index in [1.54, 1.807) is 26.2 Å². The van der Waals surface area contributed by atoms with E-state index in [9.17, 15) is 10.1 Å². The highest BCUT2D eigenvalue weighted by molar-refractivity contribution is 5.44. The highest BCUT2D eigenvalue weighted by Crippen LogP contribution is 2.22. The minimum absolute atomic E-state index is 0.0960. The smallest absolute Gasteiger partial charge is 0.272 e. The van der Waals surface area contributed by atoms with E-state index in [-0.39, 0.29) is 5.69 Å². The van der Waals surface area contributed by atoms with Gasteiger partial charge in [0.25, 0.3) is 5.69 Å². The van der Waals surface area contributed by atoms with Crippen LogP contribution in [0.15, 0.2) is 18.2 Å². The lowest BCUT2D eigenvalue weighted by atomic mass is 10.2. The number of aryl methyl sites for hydroxylation is 1. The first-order valence-electron chi connectivity index (χ1n) is 5.59. The molecule has 0 fully saturated rings. The number of methoxy groups -OCH3 is 1. The van der Waals surface area contributed by atoms with Crippen LogP contribution in [0.4, 0.5) is 5.69 Å². The van der Waals surface area contributed by atoms with Gasteiger partial charge in [0.2, 0.25) is 0 Å². The highest BCUT2D eigenvalue weighted by Gasteiger charge is 2.10. The second kappa shape index (κ2) is 7.62. The van der Waals surface area contributed by atoms with Gasteiger partial charge in [0.1, 0.15) is 12.4 Å². The lowest BCUT2D eigenvalue weighted by Crippen LogP contribution is -2.10. The normalized spacial score (nSPS) is 10.3. The summed E-state index contributed by atoms with van der Waals surface area (Å²) < 4.78 is 15.5. The van der Waals surface area contributed by atoms with Crippen molar-refractivity contribution in [2.24, 2.45) is 0 Å². The van der Waals surface area contributed by atoms with Gasteiger partial charge in [-0.25, -0.2) is 0 Å². The van der Waals surface area contributed by atoms with E-state index in [1.165, 1.54) is 6.07 Å². The molecular formula is C12H17NO5. The van der Waals surface area contributed by atoms with Gasteiger partial charge in [-0.15, -0.1) is 0 Å². The summed E-state index contributed by atoms with van der Waals surface area (Å²) in [5, 5.41) is 10.6. The first-order chi connectivity index (χ1) is 8.65. The van der Waals surface area contributed by atoms with Crippen molar-refractivity contribution in [1.82, 2.24) is 0 Å². The molecule has 6 nitrogen and oxygen atoms in total. The zero-order valence-corrected chi connectivity index (χ0v) is 10.5. The maximum Gasteiger partial charge on any atom is 0.272 e. The number of nitro benzene ring substituents is 1. The van der Waals surface area contributed by atoms with Gasteiger partial charge in [-0.1, -0.05) is 0 Å². The van der Waals surface area contributed by atoms with Gasteiger partial charge in [-0.3, -0.25) is 10.1 Å². The SMILES string of the molecule is COCCOCCOc1ccc([N+](=O)[O-])c(C)c1. The van der Waals surface area contributed by atoms with Crippen LogP contribution >= 0.6 is 0 Å². The monoisotopic (exact) mass is 255 g/mol. The van der Waals surface area contributed by atoms with Crippen LogP contribution in [0.1, 0.15) is 5.56 Å². The van der Waals surface area contributed by atoms with E-state index in [0.29, 0.717) is 37.7 Å². The molecule has 1 rings (SSSR count). The highest BCUT2D eigenvalue weighted by atomic mass is 16.6. The molecule has 0 heterocycles. The molecule has 0 aromatic heterocycles. The van der Waals surface area contributed by atoms with E-state index >= 15 is 0 Å². The summed E-state index contributed by atoms with van der Waals surface area (Å²) in [7, 11) is 1.61. The Morgan fingerprint density at radius 3 is 2.56 bits per heavy atom. The fourth-order valence-electron chi connectivity index (χ4n) is 1.39. The maximum atomic E-state index is 10.6. The molecule has 0 saturated carbocycles. The number of rotatable bonds is 8. The van der Waals surface area contributed by atoms with Gasteiger partial charge in [0, 0.05) is 18.7 Å². The minimum Gasteiger partial charge on any atom is -0.491 e. The Balaban J connectivity index is 2.35. The molecule has 1 aromatic rings. The number of nitro groups is 1. The Kier molecular flexibility index (Phi) is 6.10. The van der Waals surface area contributed by atoms with Crippen molar-refractivity contribution >= 4 is 5.69 Å². The molecule has 1 aromatic carbocycles. The molecule has 0 aliphatic carbocycles. The standard InChI is InChI=1S/C12H17NO5/c1-10-9-11(3-4-12(10)13(14)15)18-8-7-17-6-5-16-2/h3-4,9H,5-8H2,1-2H3. The van der Waals surface area contributed by atoms with E-state index in [2.05, 4.69) is 0 Å². The lowest BCUT2D eigenvalue weighted by Gasteiger charge is -2.07. The van der Waals surface area contributed by atoms with Gasteiger partial charge in [-0.05, 0) is 19.1 Å². The van der Waals surface area contributed by atoms with Gasteiger partial charge < -0.3 is 14.2 Å².